The zero-order chi connectivity index (χ0) is 18.8. The van der Waals surface area contributed by atoms with E-state index in [1.165, 1.54) is 19.3 Å². The highest BCUT2D eigenvalue weighted by atomic mass is 28.3. The molecule has 0 aromatic rings. The molecule has 0 amide bonds. The van der Waals surface area contributed by atoms with E-state index in [0.29, 0.717) is 17.8 Å². The lowest BCUT2D eigenvalue weighted by Gasteiger charge is -2.29. The summed E-state index contributed by atoms with van der Waals surface area (Å²) in [5, 5.41) is 3.32. The Labute approximate surface area is 165 Å². The third-order valence-electron chi connectivity index (χ3n) is 7.18. The quantitative estimate of drug-likeness (QED) is 0.472. The molecule has 2 atom stereocenters. The van der Waals surface area contributed by atoms with Gasteiger partial charge in [-0.1, -0.05) is 97.6 Å². The smallest absolute Gasteiger partial charge is 0.0733 e. The monoisotopic (exact) mass is 370 g/mol. The molecule has 0 bridgehead atoms. The Morgan fingerprint density at radius 2 is 1.70 bits per heavy atom. The Bertz CT molecular complexity index is 950. The van der Waals surface area contributed by atoms with Crippen molar-refractivity contribution in [2.24, 2.45) is 17.8 Å². The van der Waals surface area contributed by atoms with Crippen molar-refractivity contribution in [3.63, 3.8) is 0 Å². The SMILES string of the molecule is CC(C)C1=CC([Si](C)(C)C2=C3C=CC=CC3C=C2)=C2C=C3CCCC3=CC12. The fraction of sp³-hybridized carbons (Fsp3) is 0.385. The summed E-state index contributed by atoms with van der Waals surface area (Å²) < 4.78 is 0. The van der Waals surface area contributed by atoms with Crippen LogP contribution in [0.15, 0.2) is 92.9 Å². The molecule has 0 N–H and O–H groups in total. The van der Waals surface area contributed by atoms with E-state index in [4.69, 9.17) is 0 Å². The number of hydrogen-bond acceptors (Lipinski definition) is 0. The molecular formula is C26H30Si. The summed E-state index contributed by atoms with van der Waals surface area (Å²) in [6.07, 6.45) is 25.7. The summed E-state index contributed by atoms with van der Waals surface area (Å²) in [5.74, 6) is 1.65. The maximum atomic E-state index is 2.62. The minimum atomic E-state index is -1.75. The fourth-order valence-corrected chi connectivity index (χ4v) is 8.90. The van der Waals surface area contributed by atoms with Crippen LogP contribution < -0.4 is 0 Å². The van der Waals surface area contributed by atoms with Crippen LogP contribution in [0.2, 0.25) is 13.1 Å². The minimum absolute atomic E-state index is 0.499. The third-order valence-corrected chi connectivity index (χ3v) is 10.8. The van der Waals surface area contributed by atoms with Crippen molar-refractivity contribution in [3.05, 3.63) is 92.9 Å². The standard InChI is InChI=1S/C26H30Si/c1-17(2)22-16-26(24-15-20-10-7-9-19(20)14-23(22)24)27(3,4)25-13-12-18-8-5-6-11-21(18)25/h5-6,8,11-18,23H,7,9-10H2,1-4H3. The van der Waals surface area contributed by atoms with E-state index in [1.807, 2.05) is 0 Å². The molecule has 0 heterocycles. The average Bonchev–Trinajstić information content (AvgIpc) is 3.35. The van der Waals surface area contributed by atoms with Crippen molar-refractivity contribution in [3.8, 4) is 0 Å². The molecule has 0 aromatic heterocycles. The van der Waals surface area contributed by atoms with Crippen molar-refractivity contribution < 1.29 is 0 Å². The maximum Gasteiger partial charge on any atom is 0.113 e. The first kappa shape index (κ1) is 17.2. The molecule has 5 aliphatic carbocycles. The molecule has 27 heavy (non-hydrogen) atoms. The number of hydrogen-bond donors (Lipinski definition) is 0. The summed E-state index contributed by atoms with van der Waals surface area (Å²) in [6, 6.07) is 0. The van der Waals surface area contributed by atoms with Crippen LogP contribution in [0.25, 0.3) is 0 Å². The highest BCUT2D eigenvalue weighted by Crippen LogP contribution is 2.50. The van der Waals surface area contributed by atoms with Gasteiger partial charge in [0.1, 0.15) is 8.07 Å². The van der Waals surface area contributed by atoms with Crippen LogP contribution in [0.4, 0.5) is 0 Å². The molecule has 0 spiro atoms. The molecule has 0 radical (unpaired) electrons. The number of rotatable bonds is 3. The first-order chi connectivity index (χ1) is 13.0. The second-order valence-electron chi connectivity index (χ2n) is 9.48. The summed E-state index contributed by atoms with van der Waals surface area (Å²) >= 11 is 0. The second kappa shape index (κ2) is 6.07. The van der Waals surface area contributed by atoms with E-state index < -0.39 is 8.07 Å². The van der Waals surface area contributed by atoms with Crippen LogP contribution in [0.5, 0.6) is 0 Å². The van der Waals surface area contributed by atoms with Crippen LogP contribution in [0.1, 0.15) is 33.1 Å². The van der Waals surface area contributed by atoms with Gasteiger partial charge in [-0.3, -0.25) is 0 Å². The Morgan fingerprint density at radius 1 is 0.889 bits per heavy atom. The first-order valence-electron chi connectivity index (χ1n) is 10.6. The second-order valence-corrected chi connectivity index (χ2v) is 13.8. The van der Waals surface area contributed by atoms with Crippen LogP contribution in [-0.4, -0.2) is 8.07 Å². The van der Waals surface area contributed by atoms with E-state index in [-0.39, 0.29) is 0 Å². The van der Waals surface area contributed by atoms with Gasteiger partial charge in [0.25, 0.3) is 0 Å². The van der Waals surface area contributed by atoms with Gasteiger partial charge in [0.2, 0.25) is 0 Å². The lowest BCUT2D eigenvalue weighted by molar-refractivity contribution is 0.690. The van der Waals surface area contributed by atoms with Gasteiger partial charge < -0.3 is 0 Å². The van der Waals surface area contributed by atoms with E-state index in [9.17, 15) is 0 Å². The molecular weight excluding hydrogens is 340 g/mol. The average molecular weight is 371 g/mol. The molecule has 138 valence electrons. The molecule has 0 aliphatic heterocycles. The zero-order valence-electron chi connectivity index (χ0n) is 17.0. The van der Waals surface area contributed by atoms with E-state index in [2.05, 4.69) is 81.6 Å². The Kier molecular flexibility index (Phi) is 3.88. The van der Waals surface area contributed by atoms with Gasteiger partial charge in [-0.25, -0.2) is 0 Å². The van der Waals surface area contributed by atoms with Gasteiger partial charge in [-0.05, 0) is 47.5 Å². The van der Waals surface area contributed by atoms with E-state index in [0.717, 1.165) is 0 Å². The van der Waals surface area contributed by atoms with Gasteiger partial charge >= 0.3 is 0 Å². The van der Waals surface area contributed by atoms with Crippen molar-refractivity contribution in [2.45, 2.75) is 46.2 Å². The van der Waals surface area contributed by atoms with Gasteiger partial charge in [-0.15, -0.1) is 0 Å². The minimum Gasteiger partial charge on any atom is -0.0733 e. The molecule has 0 saturated heterocycles. The maximum absolute atomic E-state index is 2.62. The summed E-state index contributed by atoms with van der Waals surface area (Å²) in [7, 11) is -1.75. The fourth-order valence-electron chi connectivity index (χ4n) is 5.65. The van der Waals surface area contributed by atoms with Gasteiger partial charge in [0.15, 0.2) is 0 Å². The topological polar surface area (TPSA) is 0 Å². The van der Waals surface area contributed by atoms with Crippen molar-refractivity contribution in [2.75, 3.05) is 0 Å². The Balaban J connectivity index is 1.66. The van der Waals surface area contributed by atoms with E-state index >= 15 is 0 Å². The highest BCUT2D eigenvalue weighted by molar-refractivity contribution is 6.92. The lowest BCUT2D eigenvalue weighted by Crippen LogP contribution is -2.32. The highest BCUT2D eigenvalue weighted by Gasteiger charge is 2.41. The lowest BCUT2D eigenvalue weighted by atomic mass is 9.82. The number of allylic oxidation sites excluding steroid dienone is 16. The molecule has 1 fully saturated rings. The van der Waals surface area contributed by atoms with Crippen molar-refractivity contribution in [1.29, 1.82) is 0 Å². The zero-order valence-corrected chi connectivity index (χ0v) is 18.0. The first-order valence-corrected chi connectivity index (χ1v) is 13.6. The molecule has 5 rings (SSSR count). The van der Waals surface area contributed by atoms with Crippen LogP contribution in [-0.2, 0) is 0 Å². The molecule has 1 saturated carbocycles. The Morgan fingerprint density at radius 3 is 2.52 bits per heavy atom. The predicted molar refractivity (Wildman–Crippen MR) is 119 cm³/mol. The van der Waals surface area contributed by atoms with Crippen LogP contribution >= 0.6 is 0 Å². The summed E-state index contributed by atoms with van der Waals surface area (Å²) in [4.78, 5) is 0. The van der Waals surface area contributed by atoms with Crippen LogP contribution in [0, 0.1) is 17.8 Å². The third kappa shape index (κ3) is 2.55. The molecule has 1 heteroatoms. The van der Waals surface area contributed by atoms with E-state index in [1.54, 1.807) is 38.3 Å². The van der Waals surface area contributed by atoms with Gasteiger partial charge in [0.05, 0.1) is 0 Å². The van der Waals surface area contributed by atoms with Gasteiger partial charge in [-0.2, -0.15) is 0 Å². The summed E-state index contributed by atoms with van der Waals surface area (Å²) in [5.41, 5.74) is 8.08. The Hall–Kier alpha value is -1.86. The molecule has 0 nitrogen and oxygen atoms in total. The summed E-state index contributed by atoms with van der Waals surface area (Å²) in [6.45, 7) is 9.88. The largest absolute Gasteiger partial charge is 0.113 e. The molecule has 0 aromatic carbocycles. The predicted octanol–water partition coefficient (Wildman–Crippen LogP) is 6.94. The normalized spacial score (nSPS) is 28.6. The van der Waals surface area contributed by atoms with Crippen molar-refractivity contribution in [1.82, 2.24) is 0 Å². The van der Waals surface area contributed by atoms with Crippen molar-refractivity contribution >= 4 is 8.07 Å². The van der Waals surface area contributed by atoms with Crippen LogP contribution in [0.3, 0.4) is 0 Å². The van der Waals surface area contributed by atoms with Gasteiger partial charge in [0, 0.05) is 11.8 Å². The molecule has 2 unspecified atom stereocenters. The number of fused-ring (bicyclic) bond motifs is 3. The molecule has 5 aliphatic rings.